The molecule has 0 bridgehead atoms. The van der Waals surface area contributed by atoms with Crippen molar-refractivity contribution in [1.29, 1.82) is 5.26 Å². The summed E-state index contributed by atoms with van der Waals surface area (Å²) >= 11 is 0. The molecule has 7 aromatic rings. The second-order valence-electron chi connectivity index (χ2n) is 10.1. The first-order chi connectivity index (χ1) is 20.7. The van der Waals surface area contributed by atoms with Crippen LogP contribution in [0.25, 0.3) is 67.2 Å². The summed E-state index contributed by atoms with van der Waals surface area (Å²) in [5.74, 6) is 1.94. The van der Waals surface area contributed by atoms with E-state index < -0.39 is 0 Å². The zero-order valence-corrected chi connectivity index (χ0v) is 22.6. The van der Waals surface area contributed by atoms with Gasteiger partial charge in [-0.1, -0.05) is 121 Å². The van der Waals surface area contributed by atoms with Crippen LogP contribution in [0.4, 0.5) is 0 Å². The van der Waals surface area contributed by atoms with Crippen molar-refractivity contribution in [2.75, 3.05) is 0 Å². The molecule has 4 nitrogen and oxygen atoms in total. The number of nitrogens with zero attached hydrogens (tertiary/aromatic N) is 4. The summed E-state index contributed by atoms with van der Waals surface area (Å²) in [4.78, 5) is 14.5. The molecule has 0 aliphatic heterocycles. The Morgan fingerprint density at radius 3 is 1.14 bits per heavy atom. The lowest BCUT2D eigenvalue weighted by atomic mass is 9.97. The molecule has 0 saturated carbocycles. The highest BCUT2D eigenvalue weighted by atomic mass is 15.0. The summed E-state index contributed by atoms with van der Waals surface area (Å²) in [7, 11) is 0. The first kappa shape index (κ1) is 25.1. The fraction of sp³-hybridized carbons (Fsp3) is 0. The lowest BCUT2D eigenvalue weighted by molar-refractivity contribution is 1.07. The molecule has 4 heteroatoms. The maximum Gasteiger partial charge on any atom is 0.164 e. The van der Waals surface area contributed by atoms with Crippen LogP contribution < -0.4 is 0 Å². The highest BCUT2D eigenvalue weighted by Gasteiger charge is 2.12. The zero-order valence-electron chi connectivity index (χ0n) is 22.6. The molecule has 0 amide bonds. The van der Waals surface area contributed by atoms with Gasteiger partial charge in [0.25, 0.3) is 0 Å². The molecular formula is C38H24N4. The molecule has 6 aromatic carbocycles. The molecular weight excluding hydrogens is 512 g/mol. The Morgan fingerprint density at radius 1 is 0.357 bits per heavy atom. The minimum absolute atomic E-state index is 0.642. The fourth-order valence-corrected chi connectivity index (χ4v) is 5.09. The van der Waals surface area contributed by atoms with Crippen molar-refractivity contribution in [1.82, 2.24) is 15.0 Å². The van der Waals surface area contributed by atoms with Crippen molar-refractivity contribution in [3.8, 4) is 62.5 Å². The molecule has 1 aromatic heterocycles. The fourth-order valence-electron chi connectivity index (χ4n) is 5.09. The Kier molecular flexibility index (Phi) is 6.52. The van der Waals surface area contributed by atoms with Gasteiger partial charge in [-0.25, -0.2) is 15.0 Å². The number of fused-ring (bicyclic) bond motifs is 1. The summed E-state index contributed by atoms with van der Waals surface area (Å²) in [5.41, 5.74) is 8.00. The normalized spacial score (nSPS) is 10.8. The molecule has 0 radical (unpaired) electrons. The number of hydrogen-bond acceptors (Lipinski definition) is 4. The number of rotatable bonds is 5. The quantitative estimate of drug-likeness (QED) is 0.220. The van der Waals surface area contributed by atoms with Gasteiger partial charge in [-0.3, -0.25) is 0 Å². The second kappa shape index (κ2) is 10.9. The smallest absolute Gasteiger partial charge is 0.164 e. The van der Waals surface area contributed by atoms with Crippen LogP contribution in [-0.2, 0) is 0 Å². The van der Waals surface area contributed by atoms with Crippen molar-refractivity contribution in [2.45, 2.75) is 0 Å². The van der Waals surface area contributed by atoms with Gasteiger partial charge in [-0.15, -0.1) is 0 Å². The first-order valence-electron chi connectivity index (χ1n) is 13.8. The van der Waals surface area contributed by atoms with E-state index in [0.717, 1.165) is 38.9 Å². The van der Waals surface area contributed by atoms with Crippen molar-refractivity contribution >= 4 is 10.8 Å². The van der Waals surface area contributed by atoms with E-state index >= 15 is 0 Å². The molecule has 0 spiro atoms. The van der Waals surface area contributed by atoms with Crippen LogP contribution in [0.5, 0.6) is 0 Å². The molecule has 0 aliphatic rings. The van der Waals surface area contributed by atoms with Gasteiger partial charge in [0.1, 0.15) is 0 Å². The summed E-state index contributed by atoms with van der Waals surface area (Å²) in [6.45, 7) is 0. The molecule has 0 atom stereocenters. The summed E-state index contributed by atoms with van der Waals surface area (Å²) in [5, 5.41) is 11.4. The van der Waals surface area contributed by atoms with E-state index in [0.29, 0.717) is 23.0 Å². The van der Waals surface area contributed by atoms with Crippen LogP contribution in [0.1, 0.15) is 5.56 Å². The summed E-state index contributed by atoms with van der Waals surface area (Å²) in [6, 6.07) is 51.3. The lowest BCUT2D eigenvalue weighted by Gasteiger charge is -2.10. The molecule has 196 valence electrons. The van der Waals surface area contributed by atoms with Crippen molar-refractivity contribution in [3.05, 3.63) is 151 Å². The number of benzene rings is 6. The third-order valence-electron chi connectivity index (χ3n) is 7.36. The maximum absolute atomic E-state index is 9.08. The number of hydrogen-bond donors (Lipinski definition) is 0. The van der Waals surface area contributed by atoms with Crippen molar-refractivity contribution < 1.29 is 0 Å². The molecule has 0 saturated heterocycles. The Labute approximate surface area is 244 Å². The van der Waals surface area contributed by atoms with E-state index in [1.54, 1.807) is 0 Å². The van der Waals surface area contributed by atoms with Crippen LogP contribution in [0, 0.1) is 11.3 Å². The lowest BCUT2D eigenvalue weighted by Crippen LogP contribution is -2.00. The second-order valence-corrected chi connectivity index (χ2v) is 10.1. The summed E-state index contributed by atoms with van der Waals surface area (Å²) in [6.07, 6.45) is 0. The molecule has 0 unspecified atom stereocenters. The highest BCUT2D eigenvalue weighted by molar-refractivity contribution is 5.91. The average molecular weight is 537 g/mol. The monoisotopic (exact) mass is 536 g/mol. The summed E-state index contributed by atoms with van der Waals surface area (Å²) < 4.78 is 0. The molecule has 0 N–H and O–H groups in total. The van der Waals surface area contributed by atoms with Gasteiger partial charge >= 0.3 is 0 Å². The Bertz CT molecular complexity index is 2000. The molecule has 1 heterocycles. The van der Waals surface area contributed by atoms with E-state index in [1.165, 1.54) is 10.8 Å². The van der Waals surface area contributed by atoms with Gasteiger partial charge in [-0.05, 0) is 57.3 Å². The number of nitriles is 1. The third-order valence-corrected chi connectivity index (χ3v) is 7.36. The zero-order chi connectivity index (χ0) is 28.3. The Balaban J connectivity index is 1.21. The Morgan fingerprint density at radius 2 is 0.714 bits per heavy atom. The highest BCUT2D eigenvalue weighted by Crippen LogP contribution is 2.31. The molecule has 7 rings (SSSR count). The predicted octanol–water partition coefficient (Wildman–Crippen LogP) is 9.23. The van der Waals surface area contributed by atoms with Crippen LogP contribution >= 0.6 is 0 Å². The maximum atomic E-state index is 9.08. The van der Waals surface area contributed by atoms with Gasteiger partial charge in [-0.2, -0.15) is 5.26 Å². The van der Waals surface area contributed by atoms with Crippen molar-refractivity contribution in [2.24, 2.45) is 0 Å². The van der Waals surface area contributed by atoms with Crippen LogP contribution in [0.2, 0.25) is 0 Å². The molecule has 42 heavy (non-hydrogen) atoms. The average Bonchev–Trinajstić information content (AvgIpc) is 3.08. The van der Waals surface area contributed by atoms with E-state index in [2.05, 4.69) is 66.7 Å². The van der Waals surface area contributed by atoms with E-state index in [-0.39, 0.29) is 0 Å². The van der Waals surface area contributed by atoms with Gasteiger partial charge in [0, 0.05) is 16.7 Å². The first-order valence-corrected chi connectivity index (χ1v) is 13.8. The van der Waals surface area contributed by atoms with Gasteiger partial charge in [0.05, 0.1) is 11.6 Å². The van der Waals surface area contributed by atoms with Gasteiger partial charge in [0.15, 0.2) is 17.5 Å². The SMILES string of the molecule is N#Cc1ccc(-c2ccc3cc(-c4ccc(-c5nc(-c6ccccc6)nc(-c6ccccc6)n5)cc4)ccc3c2)cc1. The third kappa shape index (κ3) is 5.03. The minimum atomic E-state index is 0.642. The predicted molar refractivity (Wildman–Crippen MR) is 169 cm³/mol. The van der Waals surface area contributed by atoms with Gasteiger partial charge in [0.2, 0.25) is 0 Å². The van der Waals surface area contributed by atoms with Crippen LogP contribution in [0.3, 0.4) is 0 Å². The largest absolute Gasteiger partial charge is 0.208 e. The number of aromatic nitrogens is 3. The van der Waals surface area contributed by atoms with E-state index in [4.69, 9.17) is 20.2 Å². The minimum Gasteiger partial charge on any atom is -0.208 e. The topological polar surface area (TPSA) is 62.5 Å². The molecule has 0 fully saturated rings. The van der Waals surface area contributed by atoms with Gasteiger partial charge < -0.3 is 0 Å². The van der Waals surface area contributed by atoms with Crippen LogP contribution in [0.15, 0.2) is 146 Å². The Hall–Kier alpha value is -5.92. The van der Waals surface area contributed by atoms with Crippen LogP contribution in [-0.4, -0.2) is 15.0 Å². The molecule has 0 aliphatic carbocycles. The van der Waals surface area contributed by atoms with E-state index in [9.17, 15) is 0 Å². The van der Waals surface area contributed by atoms with E-state index in [1.807, 2.05) is 84.9 Å². The standard InChI is InChI=1S/C38H24N4/c39-25-26-11-13-27(14-12-26)32-19-21-35-24-33(20-22-34(35)23-32)28-15-17-31(18-16-28)38-41-36(29-7-3-1-4-8-29)40-37(42-38)30-9-5-2-6-10-30/h1-24H. The van der Waals surface area contributed by atoms with Crippen molar-refractivity contribution in [3.63, 3.8) is 0 Å².